The first-order valence-corrected chi connectivity index (χ1v) is 11.5. The van der Waals surface area contributed by atoms with E-state index in [1.165, 1.54) is 0 Å². The van der Waals surface area contributed by atoms with Crippen LogP contribution in [0.2, 0.25) is 5.02 Å². The third-order valence-corrected chi connectivity index (χ3v) is 7.08. The molecule has 0 spiro atoms. The highest BCUT2D eigenvalue weighted by Crippen LogP contribution is 2.21. The molecule has 1 amide bonds. The fourth-order valence-electron chi connectivity index (χ4n) is 2.54. The maximum absolute atomic E-state index is 12.5. The summed E-state index contributed by atoms with van der Waals surface area (Å²) in [7, 11) is -3.82. The smallest absolute Gasteiger partial charge is 0.270 e. The van der Waals surface area contributed by atoms with Crippen molar-refractivity contribution in [1.29, 1.82) is 0 Å². The Hall–Kier alpha value is -2.33. The van der Waals surface area contributed by atoms with Crippen molar-refractivity contribution in [3.63, 3.8) is 0 Å². The van der Waals surface area contributed by atoms with Crippen molar-refractivity contribution in [2.24, 2.45) is 0 Å². The molecule has 0 fully saturated rings. The van der Waals surface area contributed by atoms with Crippen LogP contribution in [0.3, 0.4) is 0 Å². The van der Waals surface area contributed by atoms with Crippen molar-refractivity contribution in [3.05, 3.63) is 70.7 Å². The topological polar surface area (TPSA) is 101 Å². The number of carbonyl (C=O) groups excluding carboxylic acids is 1. The molecule has 0 aliphatic heterocycles. The minimum absolute atomic E-state index is 0.0993. The maximum atomic E-state index is 12.5. The standard InChI is InChI=1S/C19H19ClN4O3S2/c1-13(7-8-14-5-3-2-4-6-14)24-29(26,27)19-23-22-18(28-19)21-17(25)15-9-11-16(20)12-10-15/h2-6,9-13,24H,7-8H2,1H3,(H,21,22,25)/t13-/m0/s1. The van der Waals surface area contributed by atoms with Crippen molar-refractivity contribution in [3.8, 4) is 0 Å². The molecule has 0 aliphatic rings. The lowest BCUT2D eigenvalue weighted by Crippen LogP contribution is -2.32. The number of aryl methyl sites for hydroxylation is 1. The predicted molar refractivity (Wildman–Crippen MR) is 114 cm³/mol. The molecule has 0 bridgehead atoms. The fourth-order valence-corrected chi connectivity index (χ4v) is 4.86. The number of aromatic nitrogens is 2. The van der Waals surface area contributed by atoms with Gasteiger partial charge in [0.05, 0.1) is 0 Å². The number of hydrogen-bond acceptors (Lipinski definition) is 6. The fraction of sp³-hybridized carbons (Fsp3) is 0.211. The number of sulfonamides is 1. The largest absolute Gasteiger partial charge is 0.296 e. The highest BCUT2D eigenvalue weighted by Gasteiger charge is 2.23. The van der Waals surface area contributed by atoms with E-state index in [1.807, 2.05) is 30.3 Å². The lowest BCUT2D eigenvalue weighted by atomic mass is 10.1. The molecule has 0 saturated heterocycles. The summed E-state index contributed by atoms with van der Waals surface area (Å²) in [5, 5.41) is 10.6. The zero-order valence-corrected chi connectivity index (χ0v) is 17.9. The van der Waals surface area contributed by atoms with Gasteiger partial charge in [-0.1, -0.05) is 53.3 Å². The Labute approximate surface area is 178 Å². The quantitative estimate of drug-likeness (QED) is 0.509. The van der Waals surface area contributed by atoms with Crippen LogP contribution < -0.4 is 10.0 Å². The van der Waals surface area contributed by atoms with Gasteiger partial charge in [-0.25, -0.2) is 13.1 Å². The molecule has 0 radical (unpaired) electrons. The molecule has 2 N–H and O–H groups in total. The van der Waals surface area contributed by atoms with Gasteiger partial charge in [0.15, 0.2) is 0 Å². The summed E-state index contributed by atoms with van der Waals surface area (Å²) >= 11 is 6.59. The van der Waals surface area contributed by atoms with E-state index < -0.39 is 15.9 Å². The molecular weight excluding hydrogens is 432 g/mol. The average Bonchev–Trinajstić information content (AvgIpc) is 3.17. The molecule has 29 heavy (non-hydrogen) atoms. The number of nitrogens with zero attached hydrogens (tertiary/aromatic N) is 2. The number of carbonyl (C=O) groups is 1. The number of nitrogens with one attached hydrogen (secondary N) is 2. The van der Waals surface area contributed by atoms with Gasteiger partial charge in [-0.2, -0.15) is 0 Å². The first-order chi connectivity index (χ1) is 13.8. The SMILES string of the molecule is C[C@@H](CCc1ccccc1)NS(=O)(=O)c1nnc(NC(=O)c2ccc(Cl)cc2)s1. The molecule has 152 valence electrons. The minimum Gasteiger partial charge on any atom is -0.296 e. The number of hydrogen-bond donors (Lipinski definition) is 2. The lowest BCUT2D eigenvalue weighted by molar-refractivity contribution is 0.102. The number of benzene rings is 2. The van der Waals surface area contributed by atoms with Crippen LogP contribution in [0.5, 0.6) is 0 Å². The second-order valence-corrected chi connectivity index (χ2v) is 9.68. The van der Waals surface area contributed by atoms with Crippen LogP contribution in [0, 0.1) is 0 Å². The number of rotatable bonds is 8. The molecule has 3 rings (SSSR count). The van der Waals surface area contributed by atoms with Crippen LogP contribution in [0.4, 0.5) is 5.13 Å². The van der Waals surface area contributed by atoms with E-state index in [0.29, 0.717) is 17.0 Å². The van der Waals surface area contributed by atoms with Crippen LogP contribution in [0.1, 0.15) is 29.3 Å². The molecule has 1 heterocycles. The van der Waals surface area contributed by atoms with Crippen LogP contribution in [0.25, 0.3) is 0 Å². The zero-order chi connectivity index (χ0) is 20.9. The second-order valence-electron chi connectivity index (χ2n) is 6.38. The van der Waals surface area contributed by atoms with Crippen molar-refractivity contribution < 1.29 is 13.2 Å². The Morgan fingerprint density at radius 3 is 2.48 bits per heavy atom. The normalized spacial score (nSPS) is 12.5. The second kappa shape index (κ2) is 9.45. The molecule has 0 unspecified atom stereocenters. The molecule has 7 nitrogen and oxygen atoms in total. The molecule has 10 heteroatoms. The van der Waals surface area contributed by atoms with Gasteiger partial charge in [-0.15, -0.1) is 10.2 Å². The summed E-state index contributed by atoms with van der Waals surface area (Å²) < 4.78 is 27.5. The monoisotopic (exact) mass is 450 g/mol. The molecule has 0 aliphatic carbocycles. The lowest BCUT2D eigenvalue weighted by Gasteiger charge is -2.12. The third kappa shape index (κ3) is 6.07. The highest BCUT2D eigenvalue weighted by molar-refractivity contribution is 7.91. The summed E-state index contributed by atoms with van der Waals surface area (Å²) in [6.45, 7) is 1.80. The van der Waals surface area contributed by atoms with Crippen LogP contribution in [-0.2, 0) is 16.4 Å². The third-order valence-electron chi connectivity index (χ3n) is 4.03. The van der Waals surface area contributed by atoms with E-state index in [0.717, 1.165) is 23.3 Å². The van der Waals surface area contributed by atoms with E-state index in [9.17, 15) is 13.2 Å². The summed E-state index contributed by atoms with van der Waals surface area (Å²) in [5.41, 5.74) is 1.52. The van der Waals surface area contributed by atoms with Gasteiger partial charge < -0.3 is 0 Å². The Morgan fingerprint density at radius 2 is 1.79 bits per heavy atom. The molecular formula is C19H19ClN4O3S2. The van der Waals surface area contributed by atoms with Gasteiger partial charge in [0.2, 0.25) is 9.47 Å². The van der Waals surface area contributed by atoms with Crippen LogP contribution in [0.15, 0.2) is 58.9 Å². The first kappa shape index (κ1) is 21.4. The molecule has 1 aromatic heterocycles. The average molecular weight is 451 g/mol. The number of amides is 1. The Bertz CT molecular complexity index is 1070. The molecule has 0 saturated carbocycles. The number of halogens is 1. The molecule has 3 aromatic rings. The van der Waals surface area contributed by atoms with Crippen molar-refractivity contribution in [1.82, 2.24) is 14.9 Å². The van der Waals surface area contributed by atoms with Gasteiger partial charge >= 0.3 is 0 Å². The number of anilines is 1. The van der Waals surface area contributed by atoms with Gasteiger partial charge in [0.25, 0.3) is 15.9 Å². The van der Waals surface area contributed by atoms with E-state index in [2.05, 4.69) is 20.2 Å². The van der Waals surface area contributed by atoms with Crippen LogP contribution in [-0.4, -0.2) is 30.6 Å². The van der Waals surface area contributed by atoms with Crippen molar-refractivity contribution >= 4 is 44.0 Å². The van der Waals surface area contributed by atoms with E-state index in [-0.39, 0.29) is 15.5 Å². The Balaban J connectivity index is 1.59. The van der Waals surface area contributed by atoms with Crippen molar-refractivity contribution in [2.75, 3.05) is 5.32 Å². The summed E-state index contributed by atoms with van der Waals surface area (Å²) in [5.74, 6) is -0.425. The highest BCUT2D eigenvalue weighted by atomic mass is 35.5. The van der Waals surface area contributed by atoms with Gasteiger partial charge in [0.1, 0.15) is 0 Å². The molecule has 1 atom stereocenters. The minimum atomic E-state index is -3.82. The molecule has 2 aromatic carbocycles. The van der Waals surface area contributed by atoms with Crippen LogP contribution >= 0.6 is 22.9 Å². The maximum Gasteiger partial charge on any atom is 0.270 e. The van der Waals surface area contributed by atoms with E-state index in [4.69, 9.17) is 11.6 Å². The van der Waals surface area contributed by atoms with Gasteiger partial charge in [-0.05, 0) is 49.6 Å². The zero-order valence-electron chi connectivity index (χ0n) is 15.5. The predicted octanol–water partition coefficient (Wildman–Crippen LogP) is 3.74. The van der Waals surface area contributed by atoms with Gasteiger partial charge in [0, 0.05) is 16.6 Å². The first-order valence-electron chi connectivity index (χ1n) is 8.80. The van der Waals surface area contributed by atoms with Gasteiger partial charge in [-0.3, -0.25) is 10.1 Å². The Morgan fingerprint density at radius 1 is 1.10 bits per heavy atom. The van der Waals surface area contributed by atoms with E-state index >= 15 is 0 Å². The Kier molecular flexibility index (Phi) is 6.96. The summed E-state index contributed by atoms with van der Waals surface area (Å²) in [4.78, 5) is 12.2. The summed E-state index contributed by atoms with van der Waals surface area (Å²) in [6, 6.07) is 15.9. The van der Waals surface area contributed by atoms with E-state index in [1.54, 1.807) is 31.2 Å². The summed E-state index contributed by atoms with van der Waals surface area (Å²) in [6.07, 6.45) is 1.39. The van der Waals surface area contributed by atoms with Crippen molar-refractivity contribution in [2.45, 2.75) is 30.1 Å².